The zero-order valence-corrected chi connectivity index (χ0v) is 15.7. The largest absolute Gasteiger partial charge is 0.493 e. The van der Waals surface area contributed by atoms with Gasteiger partial charge in [0.1, 0.15) is 5.75 Å². The number of benzene rings is 1. The third-order valence-electron chi connectivity index (χ3n) is 3.30. The highest BCUT2D eigenvalue weighted by Gasteiger charge is 2.11. The second-order valence-electron chi connectivity index (χ2n) is 6.04. The van der Waals surface area contributed by atoms with Crippen LogP contribution in [0.15, 0.2) is 36.4 Å². The molecule has 0 bridgehead atoms. The van der Waals surface area contributed by atoms with E-state index in [4.69, 9.17) is 16.3 Å². The SMILES string of the molecule is CC(C)COc1cccc(CNC(=O)NC(C)c2ccc(Cl)s2)c1. The molecule has 0 aliphatic carbocycles. The fourth-order valence-electron chi connectivity index (χ4n) is 2.07. The molecule has 0 fully saturated rings. The first-order chi connectivity index (χ1) is 11.4. The van der Waals surface area contributed by atoms with Crippen molar-refractivity contribution in [1.29, 1.82) is 0 Å². The predicted octanol–water partition coefficient (Wildman–Crippen LogP) is 5.00. The second-order valence-corrected chi connectivity index (χ2v) is 7.79. The topological polar surface area (TPSA) is 50.4 Å². The van der Waals surface area contributed by atoms with Crippen LogP contribution in [0.3, 0.4) is 0 Å². The fraction of sp³-hybridized carbons (Fsp3) is 0.389. The molecule has 1 aromatic carbocycles. The number of amides is 2. The van der Waals surface area contributed by atoms with Crippen molar-refractivity contribution >= 4 is 29.0 Å². The molecule has 2 N–H and O–H groups in total. The summed E-state index contributed by atoms with van der Waals surface area (Å²) in [4.78, 5) is 13.1. The lowest BCUT2D eigenvalue weighted by Crippen LogP contribution is -2.36. The maximum absolute atomic E-state index is 12.0. The highest BCUT2D eigenvalue weighted by Crippen LogP contribution is 2.26. The molecule has 1 heterocycles. The van der Waals surface area contributed by atoms with E-state index in [2.05, 4.69) is 24.5 Å². The molecular weight excluding hydrogens is 344 g/mol. The van der Waals surface area contributed by atoms with Crippen molar-refractivity contribution in [2.45, 2.75) is 33.4 Å². The summed E-state index contributed by atoms with van der Waals surface area (Å²) in [5, 5.41) is 5.77. The van der Waals surface area contributed by atoms with Gasteiger partial charge in [-0.25, -0.2) is 4.79 Å². The number of carbonyl (C=O) groups excluding carboxylic acids is 1. The van der Waals surface area contributed by atoms with Crippen molar-refractivity contribution in [2.24, 2.45) is 5.92 Å². The van der Waals surface area contributed by atoms with E-state index in [1.54, 1.807) is 0 Å². The highest BCUT2D eigenvalue weighted by atomic mass is 35.5. The van der Waals surface area contributed by atoms with Crippen molar-refractivity contribution in [3.8, 4) is 5.75 Å². The average molecular weight is 367 g/mol. The summed E-state index contributed by atoms with van der Waals surface area (Å²) in [5.41, 5.74) is 0.998. The fourth-order valence-corrected chi connectivity index (χ4v) is 3.13. The summed E-state index contributed by atoms with van der Waals surface area (Å²) >= 11 is 7.39. The van der Waals surface area contributed by atoms with Crippen molar-refractivity contribution in [2.75, 3.05) is 6.61 Å². The van der Waals surface area contributed by atoms with E-state index in [0.717, 1.165) is 20.5 Å². The molecule has 4 nitrogen and oxygen atoms in total. The monoisotopic (exact) mass is 366 g/mol. The third-order valence-corrected chi connectivity index (χ3v) is 4.72. The maximum Gasteiger partial charge on any atom is 0.315 e. The van der Waals surface area contributed by atoms with E-state index in [0.29, 0.717) is 19.1 Å². The van der Waals surface area contributed by atoms with Gasteiger partial charge >= 0.3 is 6.03 Å². The number of hydrogen-bond acceptors (Lipinski definition) is 3. The Labute approximate surface area is 152 Å². The molecule has 2 rings (SSSR count). The first-order valence-electron chi connectivity index (χ1n) is 7.95. The number of halogens is 1. The summed E-state index contributed by atoms with van der Waals surface area (Å²) in [6, 6.07) is 11.2. The van der Waals surface area contributed by atoms with E-state index in [-0.39, 0.29) is 12.1 Å². The van der Waals surface area contributed by atoms with Gasteiger partial charge in [0.25, 0.3) is 0 Å². The van der Waals surface area contributed by atoms with Crippen molar-refractivity contribution in [1.82, 2.24) is 10.6 Å². The van der Waals surface area contributed by atoms with Gasteiger partial charge in [-0.1, -0.05) is 37.6 Å². The zero-order valence-electron chi connectivity index (χ0n) is 14.1. The molecule has 2 aromatic rings. The van der Waals surface area contributed by atoms with E-state index in [1.807, 2.05) is 43.3 Å². The Morgan fingerprint density at radius 3 is 2.71 bits per heavy atom. The molecule has 0 radical (unpaired) electrons. The molecule has 1 aromatic heterocycles. The normalized spacial score (nSPS) is 12.0. The van der Waals surface area contributed by atoms with Crippen LogP contribution < -0.4 is 15.4 Å². The Morgan fingerprint density at radius 1 is 1.25 bits per heavy atom. The number of nitrogens with one attached hydrogen (secondary N) is 2. The number of urea groups is 1. The van der Waals surface area contributed by atoms with Gasteiger partial charge in [-0.05, 0) is 42.7 Å². The summed E-state index contributed by atoms with van der Waals surface area (Å²) < 4.78 is 6.42. The van der Waals surface area contributed by atoms with Gasteiger partial charge in [0.15, 0.2) is 0 Å². The van der Waals surface area contributed by atoms with E-state index in [9.17, 15) is 4.79 Å². The summed E-state index contributed by atoms with van der Waals surface area (Å²) in [7, 11) is 0. The smallest absolute Gasteiger partial charge is 0.315 e. The predicted molar refractivity (Wildman–Crippen MR) is 99.9 cm³/mol. The molecule has 24 heavy (non-hydrogen) atoms. The summed E-state index contributed by atoms with van der Waals surface area (Å²) in [6.45, 7) is 7.28. The molecule has 0 saturated heterocycles. The molecule has 2 amide bonds. The molecule has 1 unspecified atom stereocenters. The molecule has 0 aliphatic heterocycles. The highest BCUT2D eigenvalue weighted by molar-refractivity contribution is 7.16. The van der Waals surface area contributed by atoms with Gasteiger partial charge in [-0.2, -0.15) is 0 Å². The van der Waals surface area contributed by atoms with Crippen LogP contribution in [0.5, 0.6) is 5.75 Å². The van der Waals surface area contributed by atoms with Crippen molar-refractivity contribution in [3.63, 3.8) is 0 Å². The Kier molecular flexibility index (Phi) is 6.94. The maximum atomic E-state index is 12.0. The Bertz CT molecular complexity index is 673. The lowest BCUT2D eigenvalue weighted by atomic mass is 10.2. The van der Waals surface area contributed by atoms with Gasteiger partial charge in [-0.3, -0.25) is 0 Å². The molecule has 1 atom stereocenters. The van der Waals surface area contributed by atoms with Crippen LogP contribution in [0.4, 0.5) is 4.79 Å². The molecule has 130 valence electrons. The minimum atomic E-state index is -0.208. The third kappa shape index (κ3) is 6.06. The first-order valence-corrected chi connectivity index (χ1v) is 9.15. The first kappa shape index (κ1) is 18.6. The van der Waals surface area contributed by atoms with E-state index in [1.165, 1.54) is 11.3 Å². The molecule has 0 aliphatic rings. The number of carbonyl (C=O) groups is 1. The van der Waals surface area contributed by atoms with Gasteiger partial charge in [0.2, 0.25) is 0 Å². The van der Waals surface area contributed by atoms with Crippen LogP contribution in [0.2, 0.25) is 4.34 Å². The number of rotatable bonds is 7. The van der Waals surface area contributed by atoms with Crippen LogP contribution in [0, 0.1) is 5.92 Å². The number of ether oxygens (including phenoxy) is 1. The van der Waals surface area contributed by atoms with Gasteiger partial charge in [-0.15, -0.1) is 11.3 Å². The number of thiophene rings is 1. The van der Waals surface area contributed by atoms with Gasteiger partial charge in [0.05, 0.1) is 17.0 Å². The molecule has 0 spiro atoms. The molecule has 6 heteroatoms. The summed E-state index contributed by atoms with van der Waals surface area (Å²) in [6.07, 6.45) is 0. The van der Waals surface area contributed by atoms with Crippen LogP contribution >= 0.6 is 22.9 Å². The standard InChI is InChI=1S/C18H23ClN2O2S/c1-12(2)11-23-15-6-4-5-14(9-15)10-20-18(22)21-13(3)16-7-8-17(19)24-16/h4-9,12-13H,10-11H2,1-3H3,(H2,20,21,22). The minimum absolute atomic E-state index is 0.0804. The Hall–Kier alpha value is -1.72. The Balaban J connectivity index is 1.82. The minimum Gasteiger partial charge on any atom is -0.493 e. The lowest BCUT2D eigenvalue weighted by Gasteiger charge is -2.14. The van der Waals surface area contributed by atoms with Crippen LogP contribution in [0.1, 0.15) is 37.3 Å². The number of hydrogen-bond donors (Lipinski definition) is 2. The molecule has 0 saturated carbocycles. The average Bonchev–Trinajstić information content (AvgIpc) is 2.98. The molecular formula is C18H23ClN2O2S. The van der Waals surface area contributed by atoms with Crippen LogP contribution in [-0.4, -0.2) is 12.6 Å². The second kappa shape index (κ2) is 8.94. The van der Waals surface area contributed by atoms with Crippen LogP contribution in [0.25, 0.3) is 0 Å². The van der Waals surface area contributed by atoms with Crippen molar-refractivity contribution < 1.29 is 9.53 Å². The quantitative estimate of drug-likeness (QED) is 0.724. The Morgan fingerprint density at radius 2 is 2.04 bits per heavy atom. The van der Waals surface area contributed by atoms with Crippen molar-refractivity contribution in [3.05, 3.63) is 51.2 Å². The van der Waals surface area contributed by atoms with Gasteiger partial charge < -0.3 is 15.4 Å². The van der Waals surface area contributed by atoms with Crippen LogP contribution in [-0.2, 0) is 6.54 Å². The lowest BCUT2D eigenvalue weighted by molar-refractivity contribution is 0.237. The summed E-state index contributed by atoms with van der Waals surface area (Å²) in [5.74, 6) is 1.30. The van der Waals surface area contributed by atoms with Gasteiger partial charge in [0, 0.05) is 11.4 Å². The van der Waals surface area contributed by atoms with E-state index < -0.39 is 0 Å². The van der Waals surface area contributed by atoms with E-state index >= 15 is 0 Å². The zero-order chi connectivity index (χ0) is 17.5.